The van der Waals surface area contributed by atoms with Crippen LogP contribution in [0, 0.1) is 0 Å². The second-order valence-corrected chi connectivity index (χ2v) is 7.33. The molecule has 0 saturated carbocycles. The minimum atomic E-state index is 0.242. The van der Waals surface area contributed by atoms with Crippen LogP contribution in [0.1, 0.15) is 74.6 Å². The molecule has 0 spiro atoms. The van der Waals surface area contributed by atoms with Gasteiger partial charge in [-0.15, -0.1) is 0 Å². The predicted molar refractivity (Wildman–Crippen MR) is 119 cm³/mol. The number of phenols is 2. The number of aliphatic imine (C=N–C) groups is 2. The minimum absolute atomic E-state index is 0.242. The Bertz CT molecular complexity index is 758. The number of nitrogens with zero attached hydrogens (tertiary/aromatic N) is 2. The summed E-state index contributed by atoms with van der Waals surface area (Å²) in [6.45, 7) is 9.70. The van der Waals surface area contributed by atoms with Crippen LogP contribution in [0.4, 0.5) is 0 Å². The van der Waals surface area contributed by atoms with Crippen molar-refractivity contribution in [1.29, 1.82) is 0 Å². The number of rotatable bonds is 9. The van der Waals surface area contributed by atoms with Crippen molar-refractivity contribution in [2.24, 2.45) is 9.98 Å². The van der Waals surface area contributed by atoms with Gasteiger partial charge in [0.25, 0.3) is 0 Å². The maximum atomic E-state index is 10.0. The van der Waals surface area contributed by atoms with Gasteiger partial charge in [0.05, 0.1) is 13.1 Å². The lowest BCUT2D eigenvalue weighted by molar-refractivity contribution is 0.473. The summed E-state index contributed by atoms with van der Waals surface area (Å²) < 4.78 is 0. The number of aromatic hydroxyl groups is 2. The molecule has 0 aliphatic carbocycles. The fourth-order valence-electron chi connectivity index (χ4n) is 2.88. The normalized spacial score (nSPS) is 14.0. The van der Waals surface area contributed by atoms with Crippen LogP contribution in [-0.2, 0) is 0 Å². The third kappa shape index (κ3) is 5.95. The monoisotopic (exact) mass is 380 g/mol. The Hall–Kier alpha value is -2.62. The number of hydrogen-bond donors (Lipinski definition) is 2. The number of phenolic OH excluding ortho intramolecular Hbond substituents is 2. The zero-order chi connectivity index (χ0) is 20.5. The van der Waals surface area contributed by atoms with E-state index in [2.05, 4.69) is 37.7 Å². The second kappa shape index (κ2) is 10.6. The molecule has 2 atom stereocenters. The molecule has 0 bridgehead atoms. The van der Waals surface area contributed by atoms with E-state index in [9.17, 15) is 10.2 Å². The van der Waals surface area contributed by atoms with Crippen LogP contribution in [0.5, 0.6) is 11.5 Å². The van der Waals surface area contributed by atoms with Gasteiger partial charge in [-0.05, 0) is 60.1 Å². The average Bonchev–Trinajstić information content (AvgIpc) is 2.71. The van der Waals surface area contributed by atoms with Gasteiger partial charge in [-0.2, -0.15) is 0 Å². The zero-order valence-corrected chi connectivity index (χ0v) is 17.4. The van der Waals surface area contributed by atoms with Gasteiger partial charge in [0.1, 0.15) is 11.5 Å². The fraction of sp³-hybridized carbons (Fsp3) is 0.417. The Labute approximate surface area is 168 Å². The van der Waals surface area contributed by atoms with E-state index in [1.807, 2.05) is 24.3 Å². The molecule has 2 aromatic rings. The third-order valence-corrected chi connectivity index (χ3v) is 5.28. The summed E-state index contributed by atoms with van der Waals surface area (Å²) in [6.07, 6.45) is 5.53. The van der Waals surface area contributed by atoms with Crippen molar-refractivity contribution in [2.45, 2.75) is 52.4 Å². The lowest BCUT2D eigenvalue weighted by atomic mass is 9.97. The summed E-state index contributed by atoms with van der Waals surface area (Å²) >= 11 is 0. The molecule has 0 aliphatic heterocycles. The van der Waals surface area contributed by atoms with Crippen molar-refractivity contribution in [3.63, 3.8) is 0 Å². The molecule has 4 nitrogen and oxygen atoms in total. The van der Waals surface area contributed by atoms with E-state index in [-0.39, 0.29) is 11.5 Å². The maximum Gasteiger partial charge on any atom is 0.124 e. The Morgan fingerprint density at radius 3 is 1.50 bits per heavy atom. The quantitative estimate of drug-likeness (QED) is 0.435. The Balaban J connectivity index is 1.96. The first-order chi connectivity index (χ1) is 13.5. The van der Waals surface area contributed by atoms with Crippen LogP contribution in [-0.4, -0.2) is 35.7 Å². The highest BCUT2D eigenvalue weighted by Gasteiger charge is 2.07. The van der Waals surface area contributed by atoms with Gasteiger partial charge in [0.2, 0.25) is 0 Å². The molecule has 0 saturated heterocycles. The second-order valence-electron chi connectivity index (χ2n) is 7.33. The first kappa shape index (κ1) is 21.7. The van der Waals surface area contributed by atoms with Crippen molar-refractivity contribution in [3.05, 3.63) is 58.7 Å². The summed E-state index contributed by atoms with van der Waals surface area (Å²) in [5, 5.41) is 20.0. The molecule has 0 fully saturated rings. The van der Waals surface area contributed by atoms with Crippen LogP contribution in [0.25, 0.3) is 0 Å². The molecule has 28 heavy (non-hydrogen) atoms. The molecular weight excluding hydrogens is 348 g/mol. The Morgan fingerprint density at radius 1 is 0.750 bits per heavy atom. The smallest absolute Gasteiger partial charge is 0.124 e. The van der Waals surface area contributed by atoms with Crippen molar-refractivity contribution >= 4 is 12.4 Å². The maximum absolute atomic E-state index is 10.0. The predicted octanol–water partition coefficient (Wildman–Crippen LogP) is 5.66. The van der Waals surface area contributed by atoms with E-state index in [1.54, 1.807) is 24.6 Å². The van der Waals surface area contributed by atoms with Gasteiger partial charge in [-0.1, -0.05) is 39.8 Å². The van der Waals surface area contributed by atoms with Crippen LogP contribution < -0.4 is 0 Å². The molecule has 0 heterocycles. The largest absolute Gasteiger partial charge is 0.507 e. The van der Waals surface area contributed by atoms with E-state index >= 15 is 0 Å². The lowest BCUT2D eigenvalue weighted by Crippen LogP contribution is -1.96. The summed E-state index contributed by atoms with van der Waals surface area (Å²) in [7, 11) is 0. The highest BCUT2D eigenvalue weighted by Crippen LogP contribution is 2.25. The summed E-state index contributed by atoms with van der Waals surface area (Å²) in [4.78, 5) is 8.76. The van der Waals surface area contributed by atoms with Crippen molar-refractivity contribution in [2.75, 3.05) is 13.1 Å². The van der Waals surface area contributed by atoms with E-state index in [4.69, 9.17) is 0 Å². The molecule has 2 N–H and O–H groups in total. The van der Waals surface area contributed by atoms with Gasteiger partial charge in [-0.3, -0.25) is 9.98 Å². The number of hydrogen-bond acceptors (Lipinski definition) is 4. The molecule has 0 amide bonds. The molecule has 4 heteroatoms. The molecule has 150 valence electrons. The van der Waals surface area contributed by atoms with E-state index < -0.39 is 0 Å². The Kier molecular flexibility index (Phi) is 8.24. The van der Waals surface area contributed by atoms with Gasteiger partial charge < -0.3 is 10.2 Å². The molecule has 2 unspecified atom stereocenters. The first-order valence-electron chi connectivity index (χ1n) is 10.1. The topological polar surface area (TPSA) is 65.2 Å². The minimum Gasteiger partial charge on any atom is -0.507 e. The first-order valence-corrected chi connectivity index (χ1v) is 10.1. The molecule has 0 aromatic heterocycles. The highest BCUT2D eigenvalue weighted by molar-refractivity contribution is 5.84. The summed E-state index contributed by atoms with van der Waals surface area (Å²) in [5.41, 5.74) is 3.88. The van der Waals surface area contributed by atoms with E-state index in [1.165, 1.54) is 11.1 Å². The van der Waals surface area contributed by atoms with Crippen molar-refractivity contribution < 1.29 is 10.2 Å². The van der Waals surface area contributed by atoms with Crippen LogP contribution in [0.2, 0.25) is 0 Å². The van der Waals surface area contributed by atoms with E-state index in [0.717, 1.165) is 24.0 Å². The fourth-order valence-corrected chi connectivity index (χ4v) is 2.88. The van der Waals surface area contributed by atoms with Gasteiger partial charge in [0, 0.05) is 23.6 Å². The average molecular weight is 381 g/mol. The van der Waals surface area contributed by atoms with Crippen LogP contribution in [0.3, 0.4) is 0 Å². The van der Waals surface area contributed by atoms with Gasteiger partial charge in [-0.25, -0.2) is 0 Å². The van der Waals surface area contributed by atoms with Gasteiger partial charge in [0.15, 0.2) is 0 Å². The van der Waals surface area contributed by atoms with E-state index in [0.29, 0.717) is 24.9 Å². The summed E-state index contributed by atoms with van der Waals surface area (Å²) in [5.74, 6) is 1.39. The molecule has 2 rings (SSSR count). The van der Waals surface area contributed by atoms with Gasteiger partial charge >= 0.3 is 0 Å². The van der Waals surface area contributed by atoms with Crippen LogP contribution in [0.15, 0.2) is 46.4 Å². The molecular formula is C24H32N2O2. The SMILES string of the molecule is CCC(C)c1ccc(O)c(C=NCCN=Cc2cc(C(C)CC)ccc2O)c1. The zero-order valence-electron chi connectivity index (χ0n) is 17.4. The van der Waals surface area contributed by atoms with Crippen LogP contribution >= 0.6 is 0 Å². The molecule has 2 aromatic carbocycles. The number of benzene rings is 2. The summed E-state index contributed by atoms with van der Waals surface area (Å²) in [6, 6.07) is 11.4. The molecule has 0 radical (unpaired) electrons. The lowest BCUT2D eigenvalue weighted by Gasteiger charge is -2.10. The molecule has 0 aliphatic rings. The van der Waals surface area contributed by atoms with Crippen molar-refractivity contribution in [1.82, 2.24) is 0 Å². The highest BCUT2D eigenvalue weighted by atomic mass is 16.3. The third-order valence-electron chi connectivity index (χ3n) is 5.28. The van der Waals surface area contributed by atoms with Crippen molar-refractivity contribution in [3.8, 4) is 11.5 Å². The Morgan fingerprint density at radius 2 is 1.14 bits per heavy atom. The standard InChI is InChI=1S/C24H32N2O2/c1-5-17(3)19-7-9-23(27)21(13-19)15-25-11-12-26-16-22-14-20(18(4)6-2)8-10-24(22)28/h7-10,13-18,27-28H,5-6,11-12H2,1-4H3.